The molecule has 31 heavy (non-hydrogen) atoms. The molecule has 9 nitrogen and oxygen atoms in total. The second-order valence-corrected chi connectivity index (χ2v) is 8.13. The molecule has 3 atom stereocenters. The first-order valence-corrected chi connectivity index (χ1v) is 10.4. The van der Waals surface area contributed by atoms with Crippen molar-refractivity contribution >= 4 is 35.4 Å². The number of imide groups is 2. The Kier molecular flexibility index (Phi) is 6.72. The number of fused-ring (bicyclic) bond motifs is 1. The lowest BCUT2D eigenvalue weighted by Gasteiger charge is -2.21. The Morgan fingerprint density at radius 1 is 1.06 bits per heavy atom. The fourth-order valence-electron chi connectivity index (χ4n) is 4.08. The maximum Gasteiger partial charge on any atom is 0.329 e. The van der Waals surface area contributed by atoms with Crippen molar-refractivity contribution in [3.63, 3.8) is 0 Å². The van der Waals surface area contributed by atoms with Crippen LogP contribution in [0.3, 0.4) is 0 Å². The monoisotopic (exact) mass is 429 g/mol. The van der Waals surface area contributed by atoms with Gasteiger partial charge < -0.3 is 10.1 Å². The van der Waals surface area contributed by atoms with Crippen LogP contribution in [0.2, 0.25) is 0 Å². The zero-order valence-electron chi connectivity index (χ0n) is 17.9. The Balaban J connectivity index is 1.48. The van der Waals surface area contributed by atoms with Crippen molar-refractivity contribution in [3.05, 3.63) is 29.3 Å². The fourth-order valence-corrected chi connectivity index (χ4v) is 4.08. The van der Waals surface area contributed by atoms with Crippen LogP contribution >= 0.6 is 0 Å². The average Bonchev–Trinajstić information content (AvgIpc) is 2.99. The van der Waals surface area contributed by atoms with E-state index >= 15 is 0 Å². The first-order valence-electron chi connectivity index (χ1n) is 10.4. The molecule has 1 aliphatic carbocycles. The molecule has 1 aromatic rings. The van der Waals surface area contributed by atoms with E-state index in [4.69, 9.17) is 4.74 Å². The van der Waals surface area contributed by atoms with Crippen LogP contribution in [0.25, 0.3) is 0 Å². The summed E-state index contributed by atoms with van der Waals surface area (Å²) in [4.78, 5) is 62.3. The van der Waals surface area contributed by atoms with E-state index in [-0.39, 0.29) is 23.7 Å². The van der Waals surface area contributed by atoms with E-state index in [2.05, 4.69) is 10.6 Å². The molecule has 1 aliphatic heterocycles. The van der Waals surface area contributed by atoms with Crippen molar-refractivity contribution in [1.82, 2.24) is 10.2 Å². The minimum Gasteiger partial charge on any atom is -0.454 e. The molecule has 5 amide bonds. The maximum absolute atomic E-state index is 12.6. The Morgan fingerprint density at radius 3 is 2.26 bits per heavy atom. The Labute approximate surface area is 180 Å². The third-order valence-corrected chi connectivity index (χ3v) is 5.97. The van der Waals surface area contributed by atoms with Gasteiger partial charge in [-0.3, -0.25) is 24.6 Å². The van der Waals surface area contributed by atoms with Gasteiger partial charge in [0.1, 0.15) is 6.04 Å². The first kappa shape index (κ1) is 22.5. The Hall–Kier alpha value is -3.23. The number of amides is 5. The highest BCUT2D eigenvalue weighted by Crippen LogP contribution is 2.38. The summed E-state index contributed by atoms with van der Waals surface area (Å²) >= 11 is 0. The van der Waals surface area contributed by atoms with Crippen LogP contribution < -0.4 is 10.6 Å². The van der Waals surface area contributed by atoms with Crippen LogP contribution in [0.5, 0.6) is 0 Å². The molecule has 166 valence electrons. The number of esters is 1. The van der Waals surface area contributed by atoms with Gasteiger partial charge in [0.25, 0.3) is 5.91 Å². The summed E-state index contributed by atoms with van der Waals surface area (Å²) in [6.45, 7) is 4.54. The summed E-state index contributed by atoms with van der Waals surface area (Å²) in [6.07, 6.45) is 3.06. The number of hydrogen-bond donors (Lipinski definition) is 2. The third-order valence-electron chi connectivity index (χ3n) is 5.97. The van der Waals surface area contributed by atoms with Crippen LogP contribution in [0.15, 0.2) is 18.2 Å². The fraction of sp³-hybridized carbons (Fsp3) is 0.500. The number of likely N-dealkylation sites (tertiary alicyclic amines) is 1. The normalized spacial score (nSPS) is 21.3. The van der Waals surface area contributed by atoms with Crippen LogP contribution in [0.4, 0.5) is 10.5 Å². The molecule has 9 heteroatoms. The number of ether oxygens (including phenoxy) is 1. The molecular formula is C22H27N3O6. The topological polar surface area (TPSA) is 122 Å². The molecule has 3 rings (SSSR count). The highest BCUT2D eigenvalue weighted by Gasteiger charge is 2.51. The lowest BCUT2D eigenvalue weighted by molar-refractivity contribution is -0.159. The van der Waals surface area contributed by atoms with Gasteiger partial charge in [0.15, 0.2) is 6.61 Å². The Morgan fingerprint density at radius 2 is 1.68 bits per heavy atom. The van der Waals surface area contributed by atoms with E-state index in [9.17, 15) is 24.0 Å². The highest BCUT2D eigenvalue weighted by molar-refractivity contribution is 6.08. The lowest BCUT2D eigenvalue weighted by Crippen LogP contribution is -2.45. The minimum absolute atomic E-state index is 0.351. The molecule has 1 saturated carbocycles. The van der Waals surface area contributed by atoms with Crippen molar-refractivity contribution in [1.29, 1.82) is 0 Å². The van der Waals surface area contributed by atoms with E-state index in [1.807, 2.05) is 19.9 Å². The predicted molar refractivity (Wildman–Crippen MR) is 111 cm³/mol. The number of aryl methyl sites for hydroxylation is 2. The molecule has 1 aromatic carbocycles. The second kappa shape index (κ2) is 9.28. The van der Waals surface area contributed by atoms with Gasteiger partial charge in [0, 0.05) is 5.69 Å². The smallest absolute Gasteiger partial charge is 0.329 e. The van der Waals surface area contributed by atoms with Gasteiger partial charge >= 0.3 is 12.0 Å². The standard InChI is InChI=1S/C22H27N3O6/c1-12-8-9-15(10-13(12)2)23-22(30)24-18(26)11-31-21(29)14(3)25-19(27)16-6-4-5-7-17(16)20(25)28/h8-10,14,16-17H,4-7,11H2,1-3H3,(H2,23,24,26,30)/t14-,16?,17?/m0/s1. The van der Waals surface area contributed by atoms with Gasteiger partial charge in [0.05, 0.1) is 11.8 Å². The molecule has 2 unspecified atom stereocenters. The number of rotatable bonds is 5. The number of carbonyl (C=O) groups excluding carboxylic acids is 5. The van der Waals surface area contributed by atoms with Crippen molar-refractivity contribution in [2.24, 2.45) is 11.8 Å². The lowest BCUT2D eigenvalue weighted by atomic mass is 9.81. The number of benzene rings is 1. The third kappa shape index (κ3) is 4.92. The molecular weight excluding hydrogens is 402 g/mol. The van der Waals surface area contributed by atoms with Crippen molar-refractivity contribution in [2.45, 2.75) is 52.5 Å². The Bertz CT molecular complexity index is 904. The molecule has 2 aliphatic rings. The molecule has 0 radical (unpaired) electrons. The van der Waals surface area contributed by atoms with E-state index in [0.29, 0.717) is 18.5 Å². The van der Waals surface area contributed by atoms with Gasteiger partial charge in [-0.15, -0.1) is 0 Å². The molecule has 1 heterocycles. The quantitative estimate of drug-likeness (QED) is 0.546. The van der Waals surface area contributed by atoms with Crippen LogP contribution in [0.1, 0.15) is 43.7 Å². The molecule has 2 fully saturated rings. The summed E-state index contributed by atoms with van der Waals surface area (Å²) in [5.74, 6) is -3.13. The molecule has 0 bridgehead atoms. The van der Waals surface area contributed by atoms with Gasteiger partial charge in [-0.25, -0.2) is 9.59 Å². The van der Waals surface area contributed by atoms with Gasteiger partial charge in [0.2, 0.25) is 11.8 Å². The van der Waals surface area contributed by atoms with E-state index in [1.165, 1.54) is 6.92 Å². The molecule has 1 saturated heterocycles. The van der Waals surface area contributed by atoms with Crippen LogP contribution in [-0.2, 0) is 23.9 Å². The van der Waals surface area contributed by atoms with Gasteiger partial charge in [-0.05, 0) is 56.9 Å². The zero-order chi connectivity index (χ0) is 22.7. The summed E-state index contributed by atoms with van der Waals surface area (Å²) in [6, 6.07) is 3.43. The predicted octanol–water partition coefficient (Wildman–Crippen LogP) is 2.06. The summed E-state index contributed by atoms with van der Waals surface area (Å²) in [7, 11) is 0. The number of nitrogens with zero attached hydrogens (tertiary/aromatic N) is 1. The van der Waals surface area contributed by atoms with E-state index < -0.39 is 30.6 Å². The van der Waals surface area contributed by atoms with Crippen molar-refractivity contribution in [2.75, 3.05) is 11.9 Å². The van der Waals surface area contributed by atoms with Crippen LogP contribution in [-0.4, -0.2) is 47.3 Å². The average molecular weight is 429 g/mol. The van der Waals surface area contributed by atoms with Crippen molar-refractivity contribution in [3.8, 4) is 0 Å². The van der Waals surface area contributed by atoms with E-state index in [1.54, 1.807) is 12.1 Å². The van der Waals surface area contributed by atoms with Gasteiger partial charge in [-0.2, -0.15) is 0 Å². The van der Waals surface area contributed by atoms with Crippen molar-refractivity contribution < 1.29 is 28.7 Å². The SMILES string of the molecule is Cc1ccc(NC(=O)NC(=O)COC(=O)[C@H](C)N2C(=O)C3CCCCC3C2=O)cc1C. The minimum atomic E-state index is -1.12. The number of carbonyl (C=O) groups is 5. The molecule has 0 aromatic heterocycles. The summed E-state index contributed by atoms with van der Waals surface area (Å²) < 4.78 is 4.94. The highest BCUT2D eigenvalue weighted by atomic mass is 16.5. The first-order chi connectivity index (χ1) is 14.7. The number of hydrogen-bond acceptors (Lipinski definition) is 6. The number of urea groups is 1. The van der Waals surface area contributed by atoms with Gasteiger partial charge in [-0.1, -0.05) is 18.9 Å². The van der Waals surface area contributed by atoms with Crippen LogP contribution in [0, 0.1) is 25.7 Å². The maximum atomic E-state index is 12.6. The van der Waals surface area contributed by atoms with E-state index in [0.717, 1.165) is 28.9 Å². The number of nitrogens with one attached hydrogen (secondary N) is 2. The number of anilines is 1. The molecule has 2 N–H and O–H groups in total. The summed E-state index contributed by atoms with van der Waals surface area (Å²) in [5.41, 5.74) is 2.57. The zero-order valence-corrected chi connectivity index (χ0v) is 17.9. The largest absolute Gasteiger partial charge is 0.454 e. The summed E-state index contributed by atoms with van der Waals surface area (Å²) in [5, 5.41) is 4.60. The molecule has 0 spiro atoms. The second-order valence-electron chi connectivity index (χ2n) is 8.13.